The number of aliphatic hydroxyl groups is 8. The number of fused-ring (bicyclic) bond motifs is 2. The number of hydrogen-bond donors (Lipinski definition) is 14. The molecule has 2 aliphatic rings. The molecule has 0 radical (unpaired) electrons. The van der Waals surface area contributed by atoms with Crippen LogP contribution in [-0.2, 0) is 11.3 Å². The molecule has 2 aromatic rings. The Balaban J connectivity index is 0.000000220. The Kier molecular flexibility index (Phi) is 10.4. The number of urea groups is 1. The Morgan fingerprint density at radius 3 is 2.05 bits per heavy atom. The third kappa shape index (κ3) is 7.04. The third-order valence-electron chi connectivity index (χ3n) is 6.04. The number of aliphatic hydroxyl groups excluding tert-OH is 8. The average molecular weight is 578 g/mol. The van der Waals surface area contributed by atoms with Crippen LogP contribution < -0.4 is 32.8 Å². The summed E-state index contributed by atoms with van der Waals surface area (Å²) in [5, 5.41) is 80.3. The molecule has 0 spiro atoms. The van der Waals surface area contributed by atoms with Gasteiger partial charge in [0.05, 0.1) is 32.2 Å². The molecule has 0 bridgehead atoms. The molecule has 2 fully saturated rings. The second kappa shape index (κ2) is 13.3. The number of rotatable bonds is 10. The Morgan fingerprint density at radius 2 is 1.45 bits per heavy atom. The standard InChI is InChI=1S/C10H14N4O6.C9H17N5O6/c15-2-5(17)7(18)4(16)1-14-3-11-6-8(14)12-10(20)13-9(6)19;15-2-4(17)6(18)3(16)1-14-7-5(12-13-14)8(19)11-9(20)10-7/h3-5,7,15-18H,1-2H2,(H2,12,13,19,20);3-7,12-13,15-18H,1-2H2,(H2,10,11,19,20)/t4-,5+,7-;3-,4+,5?,6-,7?/m00/s1. The van der Waals surface area contributed by atoms with Gasteiger partial charge in [-0.2, -0.15) is 5.53 Å². The smallest absolute Gasteiger partial charge is 0.327 e. The minimum absolute atomic E-state index is 0.0194. The van der Waals surface area contributed by atoms with E-state index in [0.717, 1.165) is 0 Å². The number of carbonyl (C=O) groups excluding carboxylic acids is 2. The molecule has 4 rings (SSSR count). The van der Waals surface area contributed by atoms with E-state index in [0.29, 0.717) is 0 Å². The summed E-state index contributed by atoms with van der Waals surface area (Å²) < 4.78 is 1.25. The molecule has 3 amide bonds. The van der Waals surface area contributed by atoms with Crippen LogP contribution in [0.2, 0.25) is 0 Å². The summed E-state index contributed by atoms with van der Waals surface area (Å²) in [5.41, 5.74) is 3.86. The number of imide groups is 1. The summed E-state index contributed by atoms with van der Waals surface area (Å²) in [5.74, 6) is -0.529. The first kappa shape index (κ1) is 31.2. The van der Waals surface area contributed by atoms with E-state index in [9.17, 15) is 49.8 Å². The van der Waals surface area contributed by atoms with Crippen molar-refractivity contribution < 1.29 is 50.4 Å². The zero-order valence-corrected chi connectivity index (χ0v) is 20.6. The lowest BCUT2D eigenvalue weighted by molar-refractivity contribution is -0.123. The molecule has 14 N–H and O–H groups in total. The molecule has 2 aromatic heterocycles. The van der Waals surface area contributed by atoms with Crippen LogP contribution in [0.25, 0.3) is 11.2 Å². The monoisotopic (exact) mass is 577 g/mol. The number of hydrazine groups is 2. The zero-order chi connectivity index (χ0) is 29.7. The summed E-state index contributed by atoms with van der Waals surface area (Å²) in [4.78, 5) is 53.5. The van der Waals surface area contributed by atoms with E-state index >= 15 is 0 Å². The van der Waals surface area contributed by atoms with Gasteiger partial charge >= 0.3 is 11.7 Å². The maximum Gasteiger partial charge on any atom is 0.327 e. The maximum absolute atomic E-state index is 11.5. The minimum Gasteiger partial charge on any atom is -0.394 e. The fourth-order valence-corrected chi connectivity index (χ4v) is 3.84. The van der Waals surface area contributed by atoms with Gasteiger partial charge in [-0.05, 0) is 0 Å². The van der Waals surface area contributed by atoms with Gasteiger partial charge < -0.3 is 50.7 Å². The summed E-state index contributed by atoms with van der Waals surface area (Å²) in [6.07, 6.45) is -8.48. The molecular formula is C19H31N9O12. The van der Waals surface area contributed by atoms with Crippen molar-refractivity contribution in [2.75, 3.05) is 19.8 Å². The summed E-state index contributed by atoms with van der Waals surface area (Å²) in [7, 11) is 0. The fraction of sp³-hybridized carbons (Fsp3) is 0.632. The number of aromatic nitrogens is 4. The van der Waals surface area contributed by atoms with Crippen molar-refractivity contribution >= 4 is 23.1 Å². The number of hydrogen-bond acceptors (Lipinski definition) is 16. The minimum atomic E-state index is -1.58. The summed E-state index contributed by atoms with van der Waals surface area (Å²) in [6.45, 7) is -1.83. The van der Waals surface area contributed by atoms with E-state index < -0.39 is 85.2 Å². The quantitative estimate of drug-likeness (QED) is 0.125. The first-order valence-corrected chi connectivity index (χ1v) is 11.7. The lowest BCUT2D eigenvalue weighted by atomic mass is 10.1. The highest BCUT2D eigenvalue weighted by Crippen LogP contribution is 2.12. The molecule has 40 heavy (non-hydrogen) atoms. The van der Waals surface area contributed by atoms with Gasteiger partial charge in [-0.25, -0.2) is 25.0 Å². The SMILES string of the molecule is O=C1NC(=O)C2NNN(C[C@H](O)[C@H](O)[C@H](O)CO)C2N1.O=c1[nH]c(=O)c2ncn(C[C@H](O)[C@H](O)[C@H](O)CO)c2[nH]1. The van der Waals surface area contributed by atoms with E-state index in [1.807, 2.05) is 4.98 Å². The second-order valence-corrected chi connectivity index (χ2v) is 8.91. The van der Waals surface area contributed by atoms with Crippen LogP contribution in [0.1, 0.15) is 0 Å². The van der Waals surface area contributed by atoms with E-state index in [-0.39, 0.29) is 24.3 Å². The van der Waals surface area contributed by atoms with Gasteiger partial charge in [0.1, 0.15) is 48.4 Å². The number of H-pyrrole nitrogens is 2. The van der Waals surface area contributed by atoms with E-state index in [2.05, 4.69) is 31.6 Å². The van der Waals surface area contributed by atoms with Crippen LogP contribution in [0.5, 0.6) is 0 Å². The fourth-order valence-electron chi connectivity index (χ4n) is 3.84. The third-order valence-corrected chi connectivity index (χ3v) is 6.04. The number of aromatic amines is 2. The lowest BCUT2D eigenvalue weighted by Gasteiger charge is -2.32. The lowest BCUT2D eigenvalue weighted by Crippen LogP contribution is -2.65. The number of nitrogens with zero attached hydrogens (tertiary/aromatic N) is 3. The molecule has 21 heteroatoms. The van der Waals surface area contributed by atoms with Crippen LogP contribution in [-0.4, -0.2) is 146 Å². The van der Waals surface area contributed by atoms with Crippen LogP contribution in [0.3, 0.4) is 0 Å². The van der Waals surface area contributed by atoms with Crippen molar-refractivity contribution in [3.8, 4) is 0 Å². The number of β-amino-alcohol motifs (C(OH)–C–C–N with tert-alkyl or cyclic N) is 1. The van der Waals surface area contributed by atoms with Crippen molar-refractivity contribution in [3.63, 3.8) is 0 Å². The van der Waals surface area contributed by atoms with Gasteiger partial charge in [0.2, 0.25) is 5.91 Å². The molecule has 4 heterocycles. The van der Waals surface area contributed by atoms with E-state index in [1.54, 1.807) is 0 Å². The predicted molar refractivity (Wildman–Crippen MR) is 128 cm³/mol. The Bertz CT molecular complexity index is 1280. The largest absolute Gasteiger partial charge is 0.394 e. The Labute approximate surface area is 222 Å². The number of imidazole rings is 1. The highest BCUT2D eigenvalue weighted by atomic mass is 16.4. The van der Waals surface area contributed by atoms with Gasteiger partial charge in [-0.3, -0.25) is 24.9 Å². The zero-order valence-electron chi connectivity index (χ0n) is 20.6. The molecule has 0 aromatic carbocycles. The summed E-state index contributed by atoms with van der Waals surface area (Å²) >= 11 is 0. The second-order valence-electron chi connectivity index (χ2n) is 8.91. The van der Waals surface area contributed by atoms with E-state index in [4.69, 9.17) is 10.2 Å². The maximum atomic E-state index is 11.5. The van der Waals surface area contributed by atoms with Crippen LogP contribution in [0, 0.1) is 0 Å². The normalized spacial score (nSPS) is 23.7. The predicted octanol–water partition coefficient (Wildman–Crippen LogP) is -8.59. The molecule has 2 aliphatic heterocycles. The highest BCUT2D eigenvalue weighted by molar-refractivity contribution is 6.00. The van der Waals surface area contributed by atoms with Crippen molar-refractivity contribution in [2.45, 2.75) is 55.4 Å². The number of amides is 3. The Morgan fingerprint density at radius 1 is 0.850 bits per heavy atom. The number of carbonyl (C=O) groups is 2. The molecule has 21 nitrogen and oxygen atoms in total. The van der Waals surface area contributed by atoms with Crippen LogP contribution in [0.4, 0.5) is 4.79 Å². The van der Waals surface area contributed by atoms with Crippen LogP contribution >= 0.6 is 0 Å². The molecule has 8 atom stereocenters. The van der Waals surface area contributed by atoms with Gasteiger partial charge in [-0.1, -0.05) is 0 Å². The van der Waals surface area contributed by atoms with Crippen molar-refractivity contribution in [3.05, 3.63) is 27.2 Å². The first-order valence-electron chi connectivity index (χ1n) is 11.7. The van der Waals surface area contributed by atoms with Gasteiger partial charge in [0, 0.05) is 6.54 Å². The number of nitrogens with one attached hydrogen (secondary N) is 6. The van der Waals surface area contributed by atoms with E-state index in [1.165, 1.54) is 15.9 Å². The van der Waals surface area contributed by atoms with Gasteiger partial charge in [0.15, 0.2) is 5.52 Å². The van der Waals surface area contributed by atoms with Gasteiger partial charge in [-0.15, -0.1) is 0 Å². The average Bonchev–Trinajstić information content (AvgIpc) is 3.51. The molecule has 2 unspecified atom stereocenters. The van der Waals surface area contributed by atoms with Crippen LogP contribution in [0.15, 0.2) is 15.9 Å². The van der Waals surface area contributed by atoms with Crippen molar-refractivity contribution in [2.24, 2.45) is 0 Å². The molecule has 0 aliphatic carbocycles. The topological polar surface area (TPSA) is 331 Å². The molecule has 2 saturated heterocycles. The van der Waals surface area contributed by atoms with Gasteiger partial charge in [0.25, 0.3) is 5.56 Å². The van der Waals surface area contributed by atoms with Crippen molar-refractivity contribution in [1.82, 2.24) is 46.1 Å². The highest BCUT2D eigenvalue weighted by Gasteiger charge is 2.44. The summed E-state index contributed by atoms with van der Waals surface area (Å²) in [6, 6.07) is -1.42. The van der Waals surface area contributed by atoms with Crippen molar-refractivity contribution in [1.29, 1.82) is 0 Å². The first-order chi connectivity index (χ1) is 18.9. The molecule has 0 saturated carbocycles. The molecular weight excluding hydrogens is 546 g/mol. The Hall–Kier alpha value is -3.35. The molecule has 224 valence electrons.